The van der Waals surface area contributed by atoms with Crippen LogP contribution in [0.5, 0.6) is 0 Å². The van der Waals surface area contributed by atoms with Crippen molar-refractivity contribution in [3.8, 4) is 0 Å². The van der Waals surface area contributed by atoms with E-state index in [1.54, 1.807) is 0 Å². The predicted molar refractivity (Wildman–Crippen MR) is 47.4 cm³/mol. The predicted octanol–water partition coefficient (Wildman–Crippen LogP) is 1.72. The van der Waals surface area contributed by atoms with Gasteiger partial charge in [-0.1, -0.05) is 6.07 Å². The standard InChI is InChI=1S/C10H8F2O3/c1-5(13)8(10(14)15)9-6(11)3-2-4-7(9)12/h2-4,8H,1H3,(H,14,15). The molecular formula is C10H8F2O3. The molecule has 0 radical (unpaired) electrons. The molecule has 0 aromatic heterocycles. The smallest absolute Gasteiger partial charge is 0.318 e. The summed E-state index contributed by atoms with van der Waals surface area (Å²) < 4.78 is 26.3. The molecule has 1 rings (SSSR count). The summed E-state index contributed by atoms with van der Waals surface area (Å²) in [6, 6.07) is 2.93. The van der Waals surface area contributed by atoms with Crippen LogP contribution < -0.4 is 0 Å². The lowest BCUT2D eigenvalue weighted by Crippen LogP contribution is -2.21. The van der Waals surface area contributed by atoms with Crippen LogP contribution in [0.3, 0.4) is 0 Å². The van der Waals surface area contributed by atoms with Crippen LogP contribution in [0.1, 0.15) is 18.4 Å². The minimum Gasteiger partial charge on any atom is -0.480 e. The largest absolute Gasteiger partial charge is 0.480 e. The normalized spacial score (nSPS) is 12.2. The summed E-state index contributed by atoms with van der Waals surface area (Å²) in [5.41, 5.74) is -0.711. The Morgan fingerprint density at radius 2 is 1.73 bits per heavy atom. The molecule has 0 amide bonds. The van der Waals surface area contributed by atoms with E-state index in [1.807, 2.05) is 0 Å². The fraction of sp³-hybridized carbons (Fsp3) is 0.200. The molecule has 1 atom stereocenters. The molecule has 1 N–H and O–H groups in total. The van der Waals surface area contributed by atoms with Gasteiger partial charge in [-0.15, -0.1) is 0 Å². The number of aliphatic carboxylic acids is 1. The summed E-state index contributed by atoms with van der Waals surface area (Å²) in [6.07, 6.45) is 0. The van der Waals surface area contributed by atoms with Crippen molar-refractivity contribution in [1.29, 1.82) is 0 Å². The van der Waals surface area contributed by atoms with E-state index in [1.165, 1.54) is 0 Å². The number of carbonyl (C=O) groups excluding carboxylic acids is 1. The van der Waals surface area contributed by atoms with Crippen molar-refractivity contribution in [2.24, 2.45) is 0 Å². The summed E-state index contributed by atoms with van der Waals surface area (Å²) in [7, 11) is 0. The van der Waals surface area contributed by atoms with Crippen molar-refractivity contribution in [2.75, 3.05) is 0 Å². The second-order valence-corrected chi connectivity index (χ2v) is 3.02. The van der Waals surface area contributed by atoms with Crippen LogP contribution in [0.25, 0.3) is 0 Å². The van der Waals surface area contributed by atoms with Gasteiger partial charge in [0.1, 0.15) is 23.3 Å². The van der Waals surface area contributed by atoms with Gasteiger partial charge in [-0.3, -0.25) is 9.59 Å². The maximum atomic E-state index is 13.2. The van der Waals surface area contributed by atoms with Gasteiger partial charge in [-0.2, -0.15) is 0 Å². The molecule has 80 valence electrons. The monoisotopic (exact) mass is 214 g/mol. The third-order valence-electron chi connectivity index (χ3n) is 1.94. The zero-order valence-corrected chi connectivity index (χ0v) is 7.83. The molecule has 0 bridgehead atoms. The van der Waals surface area contributed by atoms with Gasteiger partial charge in [0, 0.05) is 5.56 Å². The number of carboxylic acids is 1. The van der Waals surface area contributed by atoms with E-state index in [2.05, 4.69) is 0 Å². The molecule has 0 saturated carbocycles. The lowest BCUT2D eigenvalue weighted by molar-refractivity contribution is -0.142. The minimum atomic E-state index is -1.79. The molecule has 1 aromatic carbocycles. The quantitative estimate of drug-likeness (QED) is 0.779. The first-order valence-corrected chi connectivity index (χ1v) is 4.12. The van der Waals surface area contributed by atoms with Crippen LogP contribution in [-0.4, -0.2) is 16.9 Å². The molecule has 0 aliphatic heterocycles. The summed E-state index contributed by atoms with van der Waals surface area (Å²) >= 11 is 0. The number of ketones is 1. The van der Waals surface area contributed by atoms with Crippen LogP contribution in [0.2, 0.25) is 0 Å². The molecule has 3 nitrogen and oxygen atoms in total. The van der Waals surface area contributed by atoms with E-state index in [-0.39, 0.29) is 0 Å². The Kier molecular flexibility index (Phi) is 3.14. The van der Waals surface area contributed by atoms with Gasteiger partial charge in [0.2, 0.25) is 0 Å². The third-order valence-corrected chi connectivity index (χ3v) is 1.94. The van der Waals surface area contributed by atoms with Gasteiger partial charge in [0.15, 0.2) is 0 Å². The van der Waals surface area contributed by atoms with Gasteiger partial charge in [-0.05, 0) is 19.1 Å². The minimum absolute atomic E-state index is 0.711. The van der Waals surface area contributed by atoms with Crippen molar-refractivity contribution in [3.63, 3.8) is 0 Å². The molecule has 0 aliphatic rings. The number of benzene rings is 1. The Morgan fingerprint density at radius 3 is 2.07 bits per heavy atom. The van der Waals surface area contributed by atoms with Gasteiger partial charge in [0.05, 0.1) is 0 Å². The average molecular weight is 214 g/mol. The van der Waals surface area contributed by atoms with Crippen molar-refractivity contribution in [2.45, 2.75) is 12.8 Å². The van der Waals surface area contributed by atoms with Crippen molar-refractivity contribution in [1.82, 2.24) is 0 Å². The van der Waals surface area contributed by atoms with Gasteiger partial charge in [0.25, 0.3) is 0 Å². The highest BCUT2D eigenvalue weighted by molar-refractivity contribution is 6.02. The first kappa shape index (κ1) is 11.3. The first-order chi connectivity index (χ1) is 6.95. The Balaban J connectivity index is 3.35. The number of carbonyl (C=O) groups is 2. The Hall–Kier alpha value is -1.78. The molecule has 0 fully saturated rings. The van der Waals surface area contributed by atoms with E-state index < -0.39 is 34.9 Å². The number of Topliss-reactive ketones (excluding diaryl/α,β-unsaturated/α-hetero) is 1. The molecule has 5 heteroatoms. The van der Waals surface area contributed by atoms with E-state index in [4.69, 9.17) is 5.11 Å². The number of rotatable bonds is 3. The highest BCUT2D eigenvalue weighted by Crippen LogP contribution is 2.23. The van der Waals surface area contributed by atoms with Gasteiger partial charge in [-0.25, -0.2) is 8.78 Å². The third kappa shape index (κ3) is 2.18. The molecule has 1 unspecified atom stereocenters. The van der Waals surface area contributed by atoms with Crippen LogP contribution in [0, 0.1) is 11.6 Å². The fourth-order valence-electron chi connectivity index (χ4n) is 1.29. The maximum absolute atomic E-state index is 13.2. The zero-order valence-electron chi connectivity index (χ0n) is 7.83. The maximum Gasteiger partial charge on any atom is 0.318 e. The Bertz CT molecular complexity index is 381. The molecule has 0 heterocycles. The second-order valence-electron chi connectivity index (χ2n) is 3.02. The summed E-state index contributed by atoms with van der Waals surface area (Å²) in [4.78, 5) is 21.7. The van der Waals surface area contributed by atoms with Gasteiger partial charge >= 0.3 is 5.97 Å². The Morgan fingerprint density at radius 1 is 1.27 bits per heavy atom. The summed E-state index contributed by atoms with van der Waals surface area (Å²) in [5, 5.41) is 8.69. The lowest BCUT2D eigenvalue weighted by Gasteiger charge is -2.10. The second kappa shape index (κ2) is 4.16. The number of halogens is 2. The highest BCUT2D eigenvalue weighted by atomic mass is 19.1. The number of hydrogen-bond acceptors (Lipinski definition) is 2. The zero-order chi connectivity index (χ0) is 11.6. The highest BCUT2D eigenvalue weighted by Gasteiger charge is 2.30. The van der Waals surface area contributed by atoms with E-state index >= 15 is 0 Å². The summed E-state index contributed by atoms with van der Waals surface area (Å²) in [5.74, 6) is -6.22. The molecule has 0 aliphatic carbocycles. The van der Waals surface area contributed by atoms with Crippen LogP contribution in [0.4, 0.5) is 8.78 Å². The first-order valence-electron chi connectivity index (χ1n) is 4.12. The topological polar surface area (TPSA) is 54.4 Å². The molecule has 0 saturated heterocycles. The van der Waals surface area contributed by atoms with Crippen molar-refractivity contribution >= 4 is 11.8 Å². The van der Waals surface area contributed by atoms with Gasteiger partial charge < -0.3 is 5.11 Å². The van der Waals surface area contributed by atoms with Crippen LogP contribution >= 0.6 is 0 Å². The molecule has 0 spiro atoms. The van der Waals surface area contributed by atoms with Crippen LogP contribution in [-0.2, 0) is 9.59 Å². The molecule has 15 heavy (non-hydrogen) atoms. The molecule has 1 aromatic rings. The van der Waals surface area contributed by atoms with E-state index in [9.17, 15) is 18.4 Å². The summed E-state index contributed by atoms with van der Waals surface area (Å²) in [6.45, 7) is 0.977. The lowest BCUT2D eigenvalue weighted by atomic mass is 9.94. The van der Waals surface area contributed by atoms with E-state index in [0.717, 1.165) is 25.1 Å². The number of carboxylic acid groups (broad SMARTS) is 1. The average Bonchev–Trinajstić information content (AvgIpc) is 2.09. The van der Waals surface area contributed by atoms with Crippen LogP contribution in [0.15, 0.2) is 18.2 Å². The van der Waals surface area contributed by atoms with Crippen molar-refractivity contribution in [3.05, 3.63) is 35.4 Å². The SMILES string of the molecule is CC(=O)C(C(=O)O)c1c(F)cccc1F. The van der Waals surface area contributed by atoms with E-state index in [0.29, 0.717) is 0 Å². The number of hydrogen-bond donors (Lipinski definition) is 1. The fourth-order valence-corrected chi connectivity index (χ4v) is 1.29. The molecular weight excluding hydrogens is 206 g/mol. The van der Waals surface area contributed by atoms with Crippen molar-refractivity contribution < 1.29 is 23.5 Å². The Labute approximate surface area is 84.3 Å².